The number of aromatic hydroxyl groups is 2. The van der Waals surface area contributed by atoms with E-state index in [1.165, 1.54) is 0 Å². The summed E-state index contributed by atoms with van der Waals surface area (Å²) in [5.41, 5.74) is 7.51. The molecule has 0 unspecified atom stereocenters. The third-order valence-electron chi connectivity index (χ3n) is 10.8. The molecule has 0 saturated heterocycles. The van der Waals surface area contributed by atoms with E-state index in [0.29, 0.717) is 46.6 Å². The van der Waals surface area contributed by atoms with Gasteiger partial charge in [-0.15, -0.1) is 0 Å². The minimum Gasteiger partial charge on any atom is -0.507 e. The quantitative estimate of drug-likeness (QED) is 0.0785. The number of fused-ring (bicyclic) bond motifs is 8. The Morgan fingerprint density at radius 1 is 0.450 bits per heavy atom. The second kappa shape index (κ2) is 19.9. The van der Waals surface area contributed by atoms with Crippen molar-refractivity contribution in [1.82, 2.24) is 10.6 Å². The van der Waals surface area contributed by atoms with Crippen molar-refractivity contribution in [1.29, 1.82) is 0 Å². The predicted octanol–water partition coefficient (Wildman–Crippen LogP) is 5.97. The molecule has 0 aromatic heterocycles. The van der Waals surface area contributed by atoms with E-state index in [4.69, 9.17) is 9.47 Å². The summed E-state index contributed by atoms with van der Waals surface area (Å²) >= 11 is 0. The van der Waals surface area contributed by atoms with Crippen molar-refractivity contribution in [2.75, 3.05) is 26.4 Å². The van der Waals surface area contributed by atoms with E-state index < -0.39 is 12.1 Å². The molecule has 0 radical (unpaired) electrons. The molecule has 0 saturated carbocycles. The first-order valence-corrected chi connectivity index (χ1v) is 20.2. The van der Waals surface area contributed by atoms with Gasteiger partial charge in [-0.2, -0.15) is 0 Å². The molecule has 0 spiro atoms. The summed E-state index contributed by atoms with van der Waals surface area (Å²) in [6, 6.07) is 40.8. The minimum atomic E-state index is -0.498. The van der Waals surface area contributed by atoms with Crippen LogP contribution in [0.1, 0.15) is 55.6 Å². The number of para-hydroxylation sites is 4. The normalized spacial score (nSPS) is 13.1. The summed E-state index contributed by atoms with van der Waals surface area (Å²) in [5.74, 6) is 0.385. The third-order valence-corrected chi connectivity index (χ3v) is 10.8. The van der Waals surface area contributed by atoms with Crippen LogP contribution in [0.3, 0.4) is 0 Å². The van der Waals surface area contributed by atoms with Crippen molar-refractivity contribution in [3.8, 4) is 23.0 Å². The number of hydrogen-bond donors (Lipinski definition) is 6. The Hall–Kier alpha value is -6.62. The van der Waals surface area contributed by atoms with Gasteiger partial charge in [0.1, 0.15) is 23.0 Å². The highest BCUT2D eigenvalue weighted by molar-refractivity contribution is 5.78. The van der Waals surface area contributed by atoms with Crippen LogP contribution in [0, 0.1) is 0 Å². The number of aliphatic hydroxyl groups is 2. The highest BCUT2D eigenvalue weighted by Gasteiger charge is 2.22. The number of phenols is 2. The summed E-state index contributed by atoms with van der Waals surface area (Å²) < 4.78 is 12.7. The maximum Gasteiger partial charge on any atom is 0.258 e. The van der Waals surface area contributed by atoms with Crippen LogP contribution in [0.15, 0.2) is 133 Å². The molecule has 1 aliphatic carbocycles. The molecule has 0 aliphatic heterocycles. The Morgan fingerprint density at radius 3 is 1.05 bits per heavy atom. The van der Waals surface area contributed by atoms with Crippen molar-refractivity contribution < 1.29 is 39.5 Å². The van der Waals surface area contributed by atoms with Gasteiger partial charge in [-0.25, -0.2) is 0 Å². The lowest BCUT2D eigenvalue weighted by molar-refractivity contribution is -0.124. The molecule has 0 heterocycles. The van der Waals surface area contributed by atoms with Gasteiger partial charge in [-0.1, -0.05) is 133 Å². The van der Waals surface area contributed by atoms with Crippen LogP contribution in [0.5, 0.6) is 23.0 Å². The van der Waals surface area contributed by atoms with Gasteiger partial charge in [0.05, 0.1) is 25.3 Å². The van der Waals surface area contributed by atoms with Crippen LogP contribution in [-0.4, -0.2) is 70.8 Å². The van der Waals surface area contributed by atoms with Crippen LogP contribution in [-0.2, 0) is 48.1 Å². The zero-order valence-electron chi connectivity index (χ0n) is 33.3. The summed E-state index contributed by atoms with van der Waals surface area (Å²) in [4.78, 5) is 26.6. The Morgan fingerprint density at radius 2 is 0.750 bits per heavy atom. The Bertz CT molecular complexity index is 2150. The first kappa shape index (κ1) is 41.5. The number of benzene rings is 6. The van der Waals surface area contributed by atoms with Gasteiger partial charge in [0.2, 0.25) is 0 Å². The number of hydrogen-bond acceptors (Lipinski definition) is 8. The van der Waals surface area contributed by atoms with E-state index in [-0.39, 0.29) is 75.4 Å². The van der Waals surface area contributed by atoms with Gasteiger partial charge >= 0.3 is 0 Å². The van der Waals surface area contributed by atoms with E-state index in [9.17, 15) is 30.0 Å². The Kier molecular flexibility index (Phi) is 13.8. The monoisotopic (exact) mass is 806 g/mol. The highest BCUT2D eigenvalue weighted by Crippen LogP contribution is 2.38. The lowest BCUT2D eigenvalue weighted by Gasteiger charge is -2.21. The van der Waals surface area contributed by atoms with Crippen molar-refractivity contribution in [3.63, 3.8) is 0 Å². The number of carbonyl (C=O) groups excluding carboxylic acids is 2. The predicted molar refractivity (Wildman–Crippen MR) is 230 cm³/mol. The largest absolute Gasteiger partial charge is 0.507 e. The SMILES string of the molecule is O=C(COc1c2cccc1Cc1cccc(c1O)Cc1cccc(c1OCC(=O)N[C@H](CO)Cc1ccccc1)Cc1cccc(c1O)C2)N[C@H](CO)Cc1ccccc1. The van der Waals surface area contributed by atoms with Crippen molar-refractivity contribution in [2.24, 2.45) is 0 Å². The minimum absolute atomic E-state index is 0.106. The number of ether oxygens (including phenoxy) is 2. The zero-order valence-corrected chi connectivity index (χ0v) is 33.3. The molecular weight excluding hydrogens is 757 g/mol. The average molecular weight is 807 g/mol. The molecule has 2 amide bonds. The standard InChI is InChI=1S/C50H50N2O8/c53-29-43(23-33-11-3-1-4-12-33)51-45(55)31-59-49-39-19-9-20-40(49)26-36-16-8-18-38(48(36)58)28-42-22-10-21-41(27-37-17-7-15-35(25-39)47(37)57)50(42)60-32-46(56)52-44(30-54)24-34-13-5-2-6-14-34/h1-22,43-44,53-54,57-58H,23-32H2,(H,51,55)(H,52,56)/t43-,44-/m0/s1. The summed E-state index contributed by atoms with van der Waals surface area (Å²) in [7, 11) is 0. The fourth-order valence-electron chi connectivity index (χ4n) is 7.82. The van der Waals surface area contributed by atoms with Gasteiger partial charge in [0.15, 0.2) is 13.2 Å². The Labute approximate surface area is 350 Å². The molecule has 60 heavy (non-hydrogen) atoms. The average Bonchev–Trinajstić information content (AvgIpc) is 3.26. The Balaban J connectivity index is 1.17. The molecule has 8 bridgehead atoms. The molecular formula is C50H50N2O8. The number of rotatable bonds is 14. The number of carbonyl (C=O) groups is 2. The van der Waals surface area contributed by atoms with Crippen LogP contribution in [0.2, 0.25) is 0 Å². The van der Waals surface area contributed by atoms with Crippen LogP contribution in [0.25, 0.3) is 0 Å². The molecule has 10 heteroatoms. The maximum absolute atomic E-state index is 13.3. The van der Waals surface area contributed by atoms with E-state index in [0.717, 1.165) is 33.4 Å². The molecule has 6 aromatic rings. The molecule has 7 rings (SSSR count). The summed E-state index contributed by atoms with van der Waals surface area (Å²) in [5, 5.41) is 49.4. The van der Waals surface area contributed by atoms with Gasteiger partial charge in [0.25, 0.3) is 11.8 Å². The lowest BCUT2D eigenvalue weighted by atomic mass is 9.91. The van der Waals surface area contributed by atoms with Crippen LogP contribution in [0.4, 0.5) is 0 Å². The van der Waals surface area contributed by atoms with Gasteiger partial charge in [-0.05, 0) is 68.5 Å². The second-order valence-electron chi connectivity index (χ2n) is 15.2. The molecule has 10 nitrogen and oxygen atoms in total. The maximum atomic E-state index is 13.3. The lowest BCUT2D eigenvalue weighted by Crippen LogP contribution is -2.41. The van der Waals surface area contributed by atoms with Crippen LogP contribution < -0.4 is 20.1 Å². The molecule has 0 fully saturated rings. The van der Waals surface area contributed by atoms with E-state index in [2.05, 4.69) is 10.6 Å². The summed E-state index contributed by atoms with van der Waals surface area (Å²) in [6.45, 7) is -1.09. The highest BCUT2D eigenvalue weighted by atomic mass is 16.5. The van der Waals surface area contributed by atoms with Crippen molar-refractivity contribution in [2.45, 2.75) is 50.6 Å². The molecule has 2 atom stereocenters. The van der Waals surface area contributed by atoms with Gasteiger partial charge in [-0.3, -0.25) is 9.59 Å². The van der Waals surface area contributed by atoms with Crippen molar-refractivity contribution in [3.05, 3.63) is 189 Å². The first-order valence-electron chi connectivity index (χ1n) is 20.2. The van der Waals surface area contributed by atoms with Gasteiger partial charge < -0.3 is 40.5 Å². The van der Waals surface area contributed by atoms with E-state index in [1.54, 1.807) is 0 Å². The third kappa shape index (κ3) is 10.5. The second-order valence-corrected chi connectivity index (χ2v) is 15.2. The number of aliphatic hydroxyl groups excluding tert-OH is 2. The molecule has 308 valence electrons. The smallest absolute Gasteiger partial charge is 0.258 e. The topological polar surface area (TPSA) is 158 Å². The van der Waals surface area contributed by atoms with Crippen molar-refractivity contribution >= 4 is 11.8 Å². The van der Waals surface area contributed by atoms with E-state index in [1.807, 2.05) is 133 Å². The fourth-order valence-corrected chi connectivity index (χ4v) is 7.82. The van der Waals surface area contributed by atoms with E-state index >= 15 is 0 Å². The van der Waals surface area contributed by atoms with Crippen LogP contribution >= 0.6 is 0 Å². The molecule has 6 aromatic carbocycles. The fraction of sp³-hybridized carbons (Fsp3) is 0.240. The first-order chi connectivity index (χ1) is 29.3. The molecule has 1 aliphatic rings. The molecule has 6 N–H and O–H groups in total. The number of amides is 2. The number of nitrogens with one attached hydrogen (secondary N) is 2. The number of phenolic OH excluding ortho intramolecular Hbond substituents is 2. The van der Waals surface area contributed by atoms with Gasteiger partial charge in [0, 0.05) is 25.7 Å². The zero-order chi connectivity index (χ0) is 41.8. The summed E-state index contributed by atoms with van der Waals surface area (Å²) in [6.07, 6.45) is 2.04.